The first-order valence-electron chi connectivity index (χ1n) is 3.42. The summed E-state index contributed by atoms with van der Waals surface area (Å²) in [6.07, 6.45) is 0. The quantitative estimate of drug-likeness (QED) is 0.365. The molecule has 0 radical (unpaired) electrons. The summed E-state index contributed by atoms with van der Waals surface area (Å²) in [6.45, 7) is -0.278. The summed E-state index contributed by atoms with van der Waals surface area (Å²) in [5, 5.41) is 18.4. The minimum absolute atomic E-state index is 0.278. The molecule has 0 aromatic carbocycles. The standard InChI is InChI=1S/C4H9NO2S.C2H5NO2/c1-5-3(2-8)4(6)7;3-1-2(4)5/h3,5,8H,2H2,1H3,(H,6,7);1,3H2,(H,4,5)/t3-;/m0./s1. The molecule has 0 rings (SSSR count). The summed E-state index contributed by atoms with van der Waals surface area (Å²) in [5.41, 5.74) is 4.57. The van der Waals surface area contributed by atoms with Gasteiger partial charge in [0.1, 0.15) is 6.04 Å². The van der Waals surface area contributed by atoms with Gasteiger partial charge in [0, 0.05) is 5.75 Å². The molecule has 5 N–H and O–H groups in total. The van der Waals surface area contributed by atoms with E-state index < -0.39 is 18.0 Å². The Balaban J connectivity index is 0. The van der Waals surface area contributed by atoms with Crippen LogP contribution in [0.3, 0.4) is 0 Å². The number of likely N-dealkylation sites (N-methyl/N-ethyl adjacent to an activating group) is 1. The summed E-state index contributed by atoms with van der Waals surface area (Å²) < 4.78 is 0. The molecule has 78 valence electrons. The summed E-state index contributed by atoms with van der Waals surface area (Å²) in [4.78, 5) is 19.3. The molecule has 7 heteroatoms. The van der Waals surface area contributed by atoms with E-state index in [1.54, 1.807) is 7.05 Å². The van der Waals surface area contributed by atoms with Crippen LogP contribution in [0.4, 0.5) is 0 Å². The van der Waals surface area contributed by atoms with Crippen LogP contribution >= 0.6 is 12.6 Å². The van der Waals surface area contributed by atoms with E-state index in [1.807, 2.05) is 0 Å². The predicted octanol–water partition coefficient (Wildman–Crippen LogP) is -1.38. The number of nitrogens with one attached hydrogen (secondary N) is 1. The van der Waals surface area contributed by atoms with Crippen LogP contribution in [-0.2, 0) is 9.59 Å². The highest BCUT2D eigenvalue weighted by atomic mass is 32.1. The number of hydrogen-bond donors (Lipinski definition) is 5. The van der Waals surface area contributed by atoms with E-state index in [0.29, 0.717) is 5.75 Å². The van der Waals surface area contributed by atoms with Crippen molar-refractivity contribution in [1.29, 1.82) is 0 Å². The third kappa shape index (κ3) is 11.2. The van der Waals surface area contributed by atoms with Crippen LogP contribution in [0.1, 0.15) is 0 Å². The Morgan fingerprint density at radius 3 is 1.92 bits per heavy atom. The van der Waals surface area contributed by atoms with Crippen molar-refractivity contribution in [3.05, 3.63) is 0 Å². The second-order valence-electron chi connectivity index (χ2n) is 1.96. The molecule has 1 atom stereocenters. The van der Waals surface area contributed by atoms with Crippen LogP contribution in [0, 0.1) is 0 Å². The Hall–Kier alpha value is -0.790. The highest BCUT2D eigenvalue weighted by Crippen LogP contribution is 1.84. The van der Waals surface area contributed by atoms with Crippen molar-refractivity contribution < 1.29 is 19.8 Å². The van der Waals surface area contributed by atoms with Gasteiger partial charge in [-0.1, -0.05) is 0 Å². The van der Waals surface area contributed by atoms with Crippen molar-refractivity contribution in [1.82, 2.24) is 5.32 Å². The van der Waals surface area contributed by atoms with E-state index >= 15 is 0 Å². The highest BCUT2D eigenvalue weighted by Gasteiger charge is 2.10. The molecule has 0 aliphatic heterocycles. The first-order valence-corrected chi connectivity index (χ1v) is 4.05. The Kier molecular flexibility index (Phi) is 10.5. The summed E-state index contributed by atoms with van der Waals surface area (Å²) in [7, 11) is 1.59. The van der Waals surface area contributed by atoms with E-state index in [1.165, 1.54) is 0 Å². The zero-order chi connectivity index (χ0) is 10.9. The average Bonchev–Trinajstić information content (AvgIpc) is 2.07. The lowest BCUT2D eigenvalue weighted by Crippen LogP contribution is -2.35. The van der Waals surface area contributed by atoms with Crippen molar-refractivity contribution in [3.63, 3.8) is 0 Å². The van der Waals surface area contributed by atoms with Gasteiger partial charge in [-0.15, -0.1) is 0 Å². The molecule has 0 aliphatic rings. The maximum atomic E-state index is 10.1. The molecule has 0 heterocycles. The summed E-state index contributed by atoms with van der Waals surface area (Å²) in [5.74, 6) is -1.50. The third-order valence-electron chi connectivity index (χ3n) is 1.00. The van der Waals surface area contributed by atoms with Gasteiger partial charge in [0.2, 0.25) is 0 Å². The molecule has 0 aromatic heterocycles. The van der Waals surface area contributed by atoms with E-state index in [2.05, 4.69) is 23.7 Å². The molecule has 0 saturated heterocycles. The molecule has 0 fully saturated rings. The van der Waals surface area contributed by atoms with Gasteiger partial charge in [0.15, 0.2) is 0 Å². The molecule has 0 bridgehead atoms. The van der Waals surface area contributed by atoms with Gasteiger partial charge in [-0.2, -0.15) is 12.6 Å². The maximum absolute atomic E-state index is 10.1. The lowest BCUT2D eigenvalue weighted by molar-refractivity contribution is -0.138. The first kappa shape index (κ1) is 14.7. The zero-order valence-corrected chi connectivity index (χ0v) is 8.12. The van der Waals surface area contributed by atoms with Gasteiger partial charge >= 0.3 is 11.9 Å². The summed E-state index contributed by atoms with van der Waals surface area (Å²) >= 11 is 3.79. The van der Waals surface area contributed by atoms with Gasteiger partial charge in [0.05, 0.1) is 6.54 Å². The molecule has 0 saturated carbocycles. The molecule has 0 spiro atoms. The number of thiol groups is 1. The molecule has 6 nitrogen and oxygen atoms in total. The fourth-order valence-electron chi connectivity index (χ4n) is 0.293. The molecular formula is C6H14N2O4S. The van der Waals surface area contributed by atoms with Gasteiger partial charge in [-0.25, -0.2) is 0 Å². The molecule has 0 aliphatic carbocycles. The van der Waals surface area contributed by atoms with Crippen LogP contribution in [0.2, 0.25) is 0 Å². The van der Waals surface area contributed by atoms with Crippen molar-refractivity contribution in [2.45, 2.75) is 6.04 Å². The van der Waals surface area contributed by atoms with Gasteiger partial charge in [-0.3, -0.25) is 9.59 Å². The van der Waals surface area contributed by atoms with E-state index in [4.69, 9.17) is 10.2 Å². The monoisotopic (exact) mass is 210 g/mol. The predicted molar refractivity (Wildman–Crippen MR) is 51.0 cm³/mol. The smallest absolute Gasteiger partial charge is 0.321 e. The largest absolute Gasteiger partial charge is 0.480 e. The van der Waals surface area contributed by atoms with Crippen molar-refractivity contribution in [3.8, 4) is 0 Å². The second kappa shape index (κ2) is 9.30. The molecular weight excluding hydrogens is 196 g/mol. The first-order chi connectivity index (χ1) is 5.99. The second-order valence-corrected chi connectivity index (χ2v) is 2.33. The summed E-state index contributed by atoms with van der Waals surface area (Å²) in [6, 6.07) is -0.515. The van der Waals surface area contributed by atoms with E-state index in [0.717, 1.165) is 0 Å². The van der Waals surface area contributed by atoms with Crippen LogP contribution in [0.25, 0.3) is 0 Å². The Morgan fingerprint density at radius 1 is 1.54 bits per heavy atom. The van der Waals surface area contributed by atoms with Gasteiger partial charge in [-0.05, 0) is 7.05 Å². The number of nitrogens with two attached hydrogens (primary N) is 1. The number of hydrogen-bond acceptors (Lipinski definition) is 5. The van der Waals surface area contributed by atoms with Crippen molar-refractivity contribution in [2.24, 2.45) is 5.73 Å². The minimum atomic E-state index is -0.968. The van der Waals surface area contributed by atoms with Gasteiger partial charge in [0.25, 0.3) is 0 Å². The number of rotatable bonds is 4. The van der Waals surface area contributed by atoms with Crippen LogP contribution in [0.15, 0.2) is 0 Å². The fraction of sp³-hybridized carbons (Fsp3) is 0.667. The maximum Gasteiger partial charge on any atom is 0.321 e. The normalized spacial score (nSPS) is 11.0. The number of carboxylic acids is 2. The van der Waals surface area contributed by atoms with Crippen LogP contribution in [0.5, 0.6) is 0 Å². The Morgan fingerprint density at radius 2 is 1.92 bits per heavy atom. The number of aliphatic carboxylic acids is 2. The minimum Gasteiger partial charge on any atom is -0.480 e. The zero-order valence-electron chi connectivity index (χ0n) is 7.23. The third-order valence-corrected chi connectivity index (χ3v) is 1.37. The SMILES string of the molecule is CN[C@@H](CS)C(=O)O.NCC(=O)O. The number of carbonyl (C=O) groups is 2. The Labute approximate surface area is 81.5 Å². The Bertz CT molecular complexity index is 161. The highest BCUT2D eigenvalue weighted by molar-refractivity contribution is 7.80. The average molecular weight is 210 g/mol. The molecule has 0 amide bonds. The van der Waals surface area contributed by atoms with Crippen molar-refractivity contribution in [2.75, 3.05) is 19.3 Å². The van der Waals surface area contributed by atoms with E-state index in [-0.39, 0.29) is 6.54 Å². The lowest BCUT2D eigenvalue weighted by atomic mass is 10.3. The lowest BCUT2D eigenvalue weighted by Gasteiger charge is -2.04. The van der Waals surface area contributed by atoms with Crippen LogP contribution in [-0.4, -0.2) is 47.5 Å². The van der Waals surface area contributed by atoms with E-state index in [9.17, 15) is 9.59 Å². The number of carboxylic acid groups (broad SMARTS) is 2. The molecule has 0 aromatic rings. The fourth-order valence-corrected chi connectivity index (χ4v) is 0.632. The topological polar surface area (TPSA) is 113 Å². The van der Waals surface area contributed by atoms with Crippen LogP contribution < -0.4 is 11.1 Å². The van der Waals surface area contributed by atoms with Gasteiger partial charge < -0.3 is 21.3 Å². The molecule has 13 heavy (non-hydrogen) atoms. The van der Waals surface area contributed by atoms with Crippen molar-refractivity contribution >= 4 is 24.6 Å². The molecule has 0 unspecified atom stereocenters.